The van der Waals surface area contributed by atoms with Crippen molar-refractivity contribution in [3.05, 3.63) is 58.1 Å². The molecule has 1 fully saturated rings. The van der Waals surface area contributed by atoms with E-state index in [9.17, 15) is 4.39 Å². The molecule has 5 nitrogen and oxygen atoms in total. The number of rotatable bonds is 4. The minimum atomic E-state index is -0.342. The standard InChI is InChI=1S/C21H20ClFN4O/c1-10-20-21(10,27-16(26-20)8-12-4-6-13(23)7-5-12)14-9-15(22)17-18(19(14)28-3)25-11(2)24-17/h4-7,9-10,20H,8H2,1-3H3,(H,24,25)(H,26,27). The van der Waals surface area contributed by atoms with Crippen molar-refractivity contribution < 1.29 is 9.13 Å². The first kappa shape index (κ1) is 17.5. The quantitative estimate of drug-likeness (QED) is 0.694. The molecule has 3 aromatic rings. The van der Waals surface area contributed by atoms with Crippen LogP contribution >= 0.6 is 11.6 Å². The number of aromatic amines is 1. The van der Waals surface area contributed by atoms with Crippen LogP contribution in [0.1, 0.15) is 23.9 Å². The zero-order valence-corrected chi connectivity index (χ0v) is 16.6. The summed E-state index contributed by atoms with van der Waals surface area (Å²) in [5.74, 6) is 2.49. The summed E-state index contributed by atoms with van der Waals surface area (Å²) in [5, 5.41) is 4.24. The van der Waals surface area contributed by atoms with Crippen LogP contribution in [0.3, 0.4) is 0 Å². The molecule has 5 rings (SSSR count). The largest absolute Gasteiger partial charge is 0.494 e. The van der Waals surface area contributed by atoms with E-state index in [2.05, 4.69) is 22.2 Å². The number of aliphatic imine (C=N–C) groups is 1. The number of halogens is 2. The summed E-state index contributed by atoms with van der Waals surface area (Å²) in [6.45, 7) is 4.07. The van der Waals surface area contributed by atoms with E-state index in [0.717, 1.165) is 39.6 Å². The van der Waals surface area contributed by atoms with Crippen molar-refractivity contribution in [3.8, 4) is 5.75 Å². The molecule has 144 valence electrons. The molecule has 1 aliphatic carbocycles. The van der Waals surface area contributed by atoms with Crippen LogP contribution in [0.5, 0.6) is 5.75 Å². The highest BCUT2D eigenvalue weighted by molar-refractivity contribution is 6.35. The van der Waals surface area contributed by atoms with Crippen molar-refractivity contribution in [1.82, 2.24) is 15.3 Å². The molecule has 3 atom stereocenters. The molecule has 28 heavy (non-hydrogen) atoms. The van der Waals surface area contributed by atoms with E-state index in [1.54, 1.807) is 19.2 Å². The molecule has 2 heterocycles. The molecule has 2 aliphatic rings. The molecule has 1 aliphatic heterocycles. The number of H-pyrrole nitrogens is 1. The predicted octanol–water partition coefficient (Wildman–Crippen LogP) is 4.13. The Hall–Kier alpha value is -2.60. The van der Waals surface area contributed by atoms with Crippen molar-refractivity contribution in [1.29, 1.82) is 0 Å². The molecule has 0 radical (unpaired) electrons. The second kappa shape index (κ2) is 5.95. The van der Waals surface area contributed by atoms with Gasteiger partial charge in [-0.25, -0.2) is 9.37 Å². The lowest BCUT2D eigenvalue weighted by molar-refractivity contribution is 0.403. The van der Waals surface area contributed by atoms with Crippen LogP contribution in [0.4, 0.5) is 4.39 Å². The highest BCUT2D eigenvalue weighted by Crippen LogP contribution is 2.60. The van der Waals surface area contributed by atoms with Crippen molar-refractivity contribution >= 4 is 28.5 Å². The summed E-state index contributed by atoms with van der Waals surface area (Å²) in [6.07, 6.45) is 0.630. The zero-order valence-electron chi connectivity index (χ0n) is 15.8. The predicted molar refractivity (Wildman–Crippen MR) is 108 cm³/mol. The summed E-state index contributed by atoms with van der Waals surface area (Å²) in [5.41, 5.74) is 3.18. The number of aryl methyl sites for hydroxylation is 1. The SMILES string of the molecule is COc1c(C23NC(Cc4ccc(F)cc4)=NC2C3C)cc(Cl)c2[nH]c(C)nc12. The molecule has 0 amide bonds. The first-order valence-corrected chi connectivity index (χ1v) is 9.64. The Morgan fingerprint density at radius 1 is 1.29 bits per heavy atom. The fourth-order valence-electron chi connectivity index (χ4n) is 4.47. The van der Waals surface area contributed by atoms with E-state index in [0.29, 0.717) is 17.4 Å². The van der Waals surface area contributed by atoms with Crippen molar-refractivity contribution in [3.63, 3.8) is 0 Å². The Bertz CT molecular complexity index is 1120. The van der Waals surface area contributed by atoms with Crippen LogP contribution < -0.4 is 10.1 Å². The topological polar surface area (TPSA) is 62.3 Å². The maximum Gasteiger partial charge on any atom is 0.152 e. The molecule has 0 bridgehead atoms. The third-order valence-electron chi connectivity index (χ3n) is 5.92. The van der Waals surface area contributed by atoms with Gasteiger partial charge in [0.05, 0.1) is 29.2 Å². The fourth-order valence-corrected chi connectivity index (χ4v) is 4.72. The van der Waals surface area contributed by atoms with Gasteiger partial charge in [-0.05, 0) is 30.7 Å². The van der Waals surface area contributed by atoms with Gasteiger partial charge in [-0.15, -0.1) is 0 Å². The number of benzene rings is 2. The van der Waals surface area contributed by atoms with E-state index >= 15 is 0 Å². The number of methoxy groups -OCH3 is 1. The van der Waals surface area contributed by atoms with E-state index in [1.165, 1.54) is 12.1 Å². The Morgan fingerprint density at radius 2 is 2.04 bits per heavy atom. The summed E-state index contributed by atoms with van der Waals surface area (Å²) < 4.78 is 18.9. The normalized spacial score (nSPS) is 25.4. The zero-order chi connectivity index (χ0) is 19.6. The lowest BCUT2D eigenvalue weighted by Gasteiger charge is -2.21. The first-order valence-electron chi connectivity index (χ1n) is 9.26. The minimum Gasteiger partial charge on any atom is -0.494 e. The number of amidine groups is 1. The Labute approximate surface area is 167 Å². The first-order chi connectivity index (χ1) is 13.4. The number of ether oxygens (including phenoxy) is 1. The summed E-state index contributed by atoms with van der Waals surface area (Å²) >= 11 is 6.56. The molecule has 7 heteroatoms. The van der Waals surface area contributed by atoms with Crippen LogP contribution in [0.25, 0.3) is 11.0 Å². The molecule has 2 N–H and O–H groups in total. The third kappa shape index (κ3) is 2.37. The lowest BCUT2D eigenvalue weighted by Crippen LogP contribution is -2.35. The number of nitrogens with one attached hydrogen (secondary N) is 2. The van der Waals surface area contributed by atoms with Crippen LogP contribution in [-0.4, -0.2) is 29.0 Å². The van der Waals surface area contributed by atoms with Crippen LogP contribution in [-0.2, 0) is 12.0 Å². The molecule has 1 aromatic heterocycles. The van der Waals surface area contributed by atoms with E-state index in [1.807, 2.05) is 13.0 Å². The number of hydrogen-bond acceptors (Lipinski definition) is 4. The van der Waals surface area contributed by atoms with Crippen molar-refractivity contribution in [2.45, 2.75) is 31.8 Å². The number of aromatic nitrogens is 2. The van der Waals surface area contributed by atoms with Gasteiger partial charge < -0.3 is 15.0 Å². The molecule has 2 aromatic carbocycles. The average molecular weight is 399 g/mol. The van der Waals surface area contributed by atoms with Gasteiger partial charge in [0.2, 0.25) is 0 Å². The summed E-state index contributed by atoms with van der Waals surface area (Å²) in [6, 6.07) is 8.59. The van der Waals surface area contributed by atoms with Crippen molar-refractivity contribution in [2.24, 2.45) is 10.9 Å². The van der Waals surface area contributed by atoms with E-state index < -0.39 is 0 Å². The van der Waals surface area contributed by atoms with Crippen LogP contribution in [0.15, 0.2) is 35.3 Å². The number of hydrogen-bond donors (Lipinski definition) is 2. The Kier molecular flexibility index (Phi) is 3.72. The summed E-state index contributed by atoms with van der Waals surface area (Å²) in [7, 11) is 1.66. The molecular formula is C21H20ClFN4O. The Morgan fingerprint density at radius 3 is 2.75 bits per heavy atom. The monoisotopic (exact) mass is 398 g/mol. The van der Waals surface area contributed by atoms with Gasteiger partial charge in [0.1, 0.15) is 23.0 Å². The van der Waals surface area contributed by atoms with Crippen LogP contribution in [0, 0.1) is 18.7 Å². The third-order valence-corrected chi connectivity index (χ3v) is 6.22. The minimum absolute atomic E-state index is 0.116. The van der Waals surface area contributed by atoms with E-state index in [-0.39, 0.29) is 17.4 Å². The van der Waals surface area contributed by atoms with Gasteiger partial charge in [-0.3, -0.25) is 4.99 Å². The average Bonchev–Trinajstić information content (AvgIpc) is 3.02. The second-order valence-electron chi connectivity index (χ2n) is 7.59. The molecular weight excluding hydrogens is 379 g/mol. The second-order valence-corrected chi connectivity index (χ2v) is 8.00. The highest BCUT2D eigenvalue weighted by atomic mass is 35.5. The molecule has 0 spiro atoms. The fraction of sp³-hybridized carbons (Fsp3) is 0.333. The van der Waals surface area contributed by atoms with Gasteiger partial charge in [0.25, 0.3) is 0 Å². The maximum absolute atomic E-state index is 13.2. The van der Waals surface area contributed by atoms with Gasteiger partial charge in [-0.2, -0.15) is 0 Å². The van der Waals surface area contributed by atoms with Gasteiger partial charge in [-0.1, -0.05) is 30.7 Å². The van der Waals surface area contributed by atoms with Crippen molar-refractivity contribution in [2.75, 3.05) is 7.11 Å². The van der Waals surface area contributed by atoms with E-state index in [4.69, 9.17) is 21.3 Å². The lowest BCUT2D eigenvalue weighted by atomic mass is 9.99. The highest BCUT2D eigenvalue weighted by Gasteiger charge is 2.68. The maximum atomic E-state index is 13.2. The number of nitrogens with zero attached hydrogens (tertiary/aromatic N) is 2. The number of fused-ring (bicyclic) bond motifs is 2. The summed E-state index contributed by atoms with van der Waals surface area (Å²) in [4.78, 5) is 12.7. The molecule has 0 saturated heterocycles. The molecule has 3 unspecified atom stereocenters. The number of imidazole rings is 1. The van der Waals surface area contributed by atoms with Crippen LogP contribution in [0.2, 0.25) is 5.02 Å². The smallest absolute Gasteiger partial charge is 0.152 e. The molecule has 1 saturated carbocycles. The van der Waals surface area contributed by atoms with Gasteiger partial charge >= 0.3 is 0 Å². The Balaban J connectivity index is 1.53. The van der Waals surface area contributed by atoms with Gasteiger partial charge in [0.15, 0.2) is 5.75 Å². The van der Waals surface area contributed by atoms with Gasteiger partial charge in [0, 0.05) is 17.9 Å².